The number of aromatic nitrogens is 3. The Morgan fingerprint density at radius 1 is 1.07 bits per heavy atom. The van der Waals surface area contributed by atoms with E-state index in [4.69, 9.17) is 5.73 Å². The average molecular weight is 571 g/mol. The summed E-state index contributed by atoms with van der Waals surface area (Å²) in [5.74, 6) is 0.760. The lowest BCUT2D eigenvalue weighted by Gasteiger charge is -2.32. The molecule has 6 rings (SSSR count). The van der Waals surface area contributed by atoms with E-state index in [2.05, 4.69) is 37.3 Å². The fourth-order valence-electron chi connectivity index (χ4n) is 5.70. The highest BCUT2D eigenvalue weighted by molar-refractivity contribution is 7.14. The summed E-state index contributed by atoms with van der Waals surface area (Å²) in [6.07, 6.45) is 6.37. The lowest BCUT2D eigenvalue weighted by Crippen LogP contribution is -2.38. The molecule has 1 fully saturated rings. The molecule has 4 aromatic rings. The van der Waals surface area contributed by atoms with Gasteiger partial charge in [-0.2, -0.15) is 9.97 Å². The first kappa shape index (κ1) is 27.3. The number of nitrogens with one attached hydrogen (secondary N) is 1. The summed E-state index contributed by atoms with van der Waals surface area (Å²) < 4.78 is 0. The summed E-state index contributed by atoms with van der Waals surface area (Å²) in [6, 6.07) is 15.6. The molecule has 1 amide bonds. The van der Waals surface area contributed by atoms with Gasteiger partial charge in [-0.1, -0.05) is 24.3 Å². The summed E-state index contributed by atoms with van der Waals surface area (Å²) in [4.78, 5) is 30.7. The van der Waals surface area contributed by atoms with Crippen LogP contribution in [0.5, 0.6) is 0 Å². The molecule has 1 saturated heterocycles. The third-order valence-corrected chi connectivity index (χ3v) is 9.04. The number of fused-ring (bicyclic) bond motifs is 1. The van der Waals surface area contributed by atoms with Gasteiger partial charge in [0, 0.05) is 46.9 Å². The zero-order valence-electron chi connectivity index (χ0n) is 22.8. The van der Waals surface area contributed by atoms with E-state index in [0.29, 0.717) is 46.3 Å². The second-order valence-electron chi connectivity index (χ2n) is 10.7. The molecule has 2 aliphatic rings. The monoisotopic (exact) mass is 570 g/mol. The van der Waals surface area contributed by atoms with Gasteiger partial charge in [0.15, 0.2) is 5.82 Å². The van der Waals surface area contributed by atoms with E-state index in [1.165, 1.54) is 10.4 Å². The van der Waals surface area contributed by atoms with E-state index in [-0.39, 0.29) is 24.6 Å². The van der Waals surface area contributed by atoms with Gasteiger partial charge in [0.1, 0.15) is 5.82 Å². The Morgan fingerprint density at radius 2 is 1.90 bits per heavy atom. The number of thiophene rings is 1. The summed E-state index contributed by atoms with van der Waals surface area (Å²) in [5.41, 5.74) is 11.1. The molecule has 0 spiro atoms. The van der Waals surface area contributed by atoms with Crippen LogP contribution in [0.3, 0.4) is 0 Å². The minimum Gasteiger partial charge on any atom is -0.392 e. The Balaban J connectivity index is 1.22. The molecule has 1 atom stereocenters. The van der Waals surface area contributed by atoms with Gasteiger partial charge >= 0.3 is 0 Å². The molecule has 1 aliphatic heterocycles. The van der Waals surface area contributed by atoms with Gasteiger partial charge in [0.05, 0.1) is 17.6 Å². The number of carbonyl (C=O) groups is 1. The average Bonchev–Trinajstić information content (AvgIpc) is 3.42. The standard InChI is InChI=1S/C31H34N6O3S/c32-31-35-28(15-19-10-12-21(13-11-19)37-14-4-6-22(39)17-37)34-29(36-31)23-7-3-8-25(24(23)18-38)33-30(40)27-16-20-5-1-2-9-26(20)41-27/h3,7-8,10-13,16,22,38-39H,1-2,4-6,9,14-15,17-18H2,(H,33,40)(H2,32,34,35,36). The van der Waals surface area contributed by atoms with Gasteiger partial charge in [-0.15, -0.1) is 11.3 Å². The number of aryl methyl sites for hydroxylation is 2. The zero-order valence-corrected chi connectivity index (χ0v) is 23.7. The molecule has 1 unspecified atom stereocenters. The highest BCUT2D eigenvalue weighted by Crippen LogP contribution is 2.32. The summed E-state index contributed by atoms with van der Waals surface area (Å²) in [5, 5.41) is 23.3. The number of hydrogen-bond acceptors (Lipinski definition) is 9. The van der Waals surface area contributed by atoms with E-state index >= 15 is 0 Å². The van der Waals surface area contributed by atoms with Crippen molar-refractivity contribution in [1.29, 1.82) is 0 Å². The quantitative estimate of drug-likeness (QED) is 0.257. The second-order valence-corrected chi connectivity index (χ2v) is 11.9. The molecule has 212 valence electrons. The highest BCUT2D eigenvalue weighted by atomic mass is 32.1. The number of nitrogens with zero attached hydrogens (tertiary/aromatic N) is 4. The third-order valence-electron chi connectivity index (χ3n) is 7.80. The summed E-state index contributed by atoms with van der Waals surface area (Å²) >= 11 is 1.55. The van der Waals surface area contributed by atoms with E-state index in [1.807, 2.05) is 24.3 Å². The first-order chi connectivity index (χ1) is 20.0. The number of benzene rings is 2. The Kier molecular flexibility index (Phi) is 7.95. The number of amides is 1. The predicted octanol–water partition coefficient (Wildman–Crippen LogP) is 4.36. The van der Waals surface area contributed by atoms with Gasteiger partial charge < -0.3 is 26.2 Å². The summed E-state index contributed by atoms with van der Waals surface area (Å²) in [6.45, 7) is 1.28. The number of rotatable bonds is 7. The Labute approximate surface area is 243 Å². The lowest BCUT2D eigenvalue weighted by atomic mass is 9.99. The molecule has 3 heterocycles. The molecule has 41 heavy (non-hydrogen) atoms. The van der Waals surface area contributed by atoms with Crippen molar-refractivity contribution in [3.63, 3.8) is 0 Å². The van der Waals surface area contributed by atoms with Gasteiger partial charge in [-0.25, -0.2) is 4.98 Å². The van der Waals surface area contributed by atoms with Gasteiger partial charge in [0.25, 0.3) is 5.91 Å². The predicted molar refractivity (Wildman–Crippen MR) is 161 cm³/mol. The molecule has 0 saturated carbocycles. The van der Waals surface area contributed by atoms with E-state index in [0.717, 1.165) is 56.3 Å². The number of hydrogen-bond donors (Lipinski definition) is 4. The van der Waals surface area contributed by atoms with Gasteiger partial charge in [-0.05, 0) is 73.9 Å². The van der Waals surface area contributed by atoms with Crippen molar-refractivity contribution in [2.45, 2.75) is 57.7 Å². The topological polar surface area (TPSA) is 137 Å². The van der Waals surface area contributed by atoms with Crippen LogP contribution in [0.4, 0.5) is 17.3 Å². The maximum absolute atomic E-state index is 13.1. The fraction of sp³-hybridized carbons (Fsp3) is 0.355. The van der Waals surface area contributed by atoms with Crippen molar-refractivity contribution >= 4 is 34.6 Å². The normalized spacial score (nSPS) is 16.8. The summed E-state index contributed by atoms with van der Waals surface area (Å²) in [7, 11) is 0. The number of carbonyl (C=O) groups excluding carboxylic acids is 1. The molecule has 9 nitrogen and oxygen atoms in total. The van der Waals surface area contributed by atoms with Crippen LogP contribution in [0.15, 0.2) is 48.5 Å². The number of anilines is 3. The van der Waals surface area contributed by atoms with E-state index in [1.54, 1.807) is 23.5 Å². The lowest BCUT2D eigenvalue weighted by molar-refractivity contribution is 0.103. The fourth-order valence-corrected chi connectivity index (χ4v) is 6.85. The van der Waals surface area contributed by atoms with Crippen molar-refractivity contribution in [2.75, 3.05) is 29.0 Å². The minimum absolute atomic E-state index is 0.0893. The molecule has 0 bridgehead atoms. The molecule has 2 aromatic heterocycles. The third kappa shape index (κ3) is 6.09. The molecule has 10 heteroatoms. The van der Waals surface area contributed by atoms with Crippen LogP contribution < -0.4 is 16.0 Å². The number of aliphatic hydroxyl groups is 2. The van der Waals surface area contributed by atoms with Gasteiger partial charge in [0.2, 0.25) is 5.95 Å². The van der Waals surface area contributed by atoms with Crippen molar-refractivity contribution < 1.29 is 15.0 Å². The van der Waals surface area contributed by atoms with Crippen LogP contribution in [0.25, 0.3) is 11.4 Å². The Morgan fingerprint density at radius 3 is 2.68 bits per heavy atom. The largest absolute Gasteiger partial charge is 0.392 e. The number of nitrogens with two attached hydrogens (primary N) is 1. The first-order valence-electron chi connectivity index (χ1n) is 14.2. The number of nitrogen functional groups attached to an aromatic ring is 1. The molecule has 0 radical (unpaired) electrons. The van der Waals surface area contributed by atoms with Crippen molar-refractivity contribution in [3.05, 3.63) is 80.8 Å². The molecule has 5 N–H and O–H groups in total. The van der Waals surface area contributed by atoms with Gasteiger partial charge in [-0.3, -0.25) is 4.79 Å². The minimum atomic E-state index is -0.305. The molecule has 2 aromatic carbocycles. The van der Waals surface area contributed by atoms with Crippen molar-refractivity contribution in [1.82, 2.24) is 15.0 Å². The van der Waals surface area contributed by atoms with Crippen LogP contribution in [0, 0.1) is 0 Å². The van der Waals surface area contributed by atoms with Crippen LogP contribution in [0.1, 0.15) is 62.7 Å². The molecular formula is C31H34N6O3S. The first-order valence-corrected chi connectivity index (χ1v) is 15.0. The second kappa shape index (κ2) is 11.9. The van der Waals surface area contributed by atoms with Crippen molar-refractivity contribution in [2.24, 2.45) is 0 Å². The van der Waals surface area contributed by atoms with Crippen LogP contribution >= 0.6 is 11.3 Å². The zero-order chi connectivity index (χ0) is 28.3. The van der Waals surface area contributed by atoms with E-state index < -0.39 is 0 Å². The van der Waals surface area contributed by atoms with E-state index in [9.17, 15) is 15.0 Å². The number of aliphatic hydroxyl groups excluding tert-OH is 2. The van der Waals surface area contributed by atoms with Crippen LogP contribution in [0.2, 0.25) is 0 Å². The van der Waals surface area contributed by atoms with Crippen LogP contribution in [-0.4, -0.2) is 50.3 Å². The maximum atomic E-state index is 13.1. The Bertz CT molecular complexity index is 1530. The van der Waals surface area contributed by atoms with Crippen molar-refractivity contribution in [3.8, 4) is 11.4 Å². The maximum Gasteiger partial charge on any atom is 0.265 e. The number of piperidine rings is 1. The van der Waals surface area contributed by atoms with Crippen LogP contribution in [-0.2, 0) is 25.9 Å². The Hall–Kier alpha value is -3.86. The molecule has 1 aliphatic carbocycles. The number of β-amino-alcohol motifs (C(OH)–C–C–N with tert-alkyl or cyclic N) is 1. The smallest absolute Gasteiger partial charge is 0.265 e. The highest BCUT2D eigenvalue weighted by Gasteiger charge is 2.21. The molecular weight excluding hydrogens is 536 g/mol. The SMILES string of the molecule is Nc1nc(Cc2ccc(N3CCCC(O)C3)cc2)nc(-c2cccc(NC(=O)c3cc4c(s3)CCCC4)c2CO)n1.